The topological polar surface area (TPSA) is 41.7 Å². The van der Waals surface area contributed by atoms with E-state index in [0.29, 0.717) is 12.1 Å². The molecule has 3 aliphatic heterocycles. The van der Waals surface area contributed by atoms with Crippen LogP contribution >= 0.6 is 0 Å². The van der Waals surface area contributed by atoms with Gasteiger partial charge in [-0.2, -0.15) is 0 Å². The first kappa shape index (κ1) is 12.9. The van der Waals surface area contributed by atoms with E-state index in [1.807, 2.05) is 0 Å². The Balaban J connectivity index is 1.77. The summed E-state index contributed by atoms with van der Waals surface area (Å²) in [6.07, 6.45) is 6.29. The Morgan fingerprint density at radius 1 is 1.28 bits per heavy atom. The molecule has 0 aliphatic carbocycles. The molecule has 0 aromatic heterocycles. The van der Waals surface area contributed by atoms with Crippen molar-refractivity contribution < 1.29 is 4.74 Å². The van der Waals surface area contributed by atoms with Crippen molar-refractivity contribution >= 4 is 0 Å². The molecule has 3 saturated heterocycles. The van der Waals surface area contributed by atoms with Crippen molar-refractivity contribution in [3.63, 3.8) is 0 Å². The van der Waals surface area contributed by atoms with E-state index < -0.39 is 0 Å². The third kappa shape index (κ3) is 1.90. The summed E-state index contributed by atoms with van der Waals surface area (Å²) < 4.78 is 5.50. The van der Waals surface area contributed by atoms with Gasteiger partial charge >= 0.3 is 0 Å². The van der Waals surface area contributed by atoms with Crippen molar-refractivity contribution in [1.82, 2.24) is 9.80 Å². The average Bonchev–Trinajstić information content (AvgIpc) is 3.01. The van der Waals surface area contributed by atoms with E-state index in [9.17, 15) is 0 Å². The van der Waals surface area contributed by atoms with Crippen LogP contribution in [0.1, 0.15) is 32.1 Å². The van der Waals surface area contributed by atoms with Gasteiger partial charge in [-0.3, -0.25) is 9.80 Å². The van der Waals surface area contributed by atoms with Crippen molar-refractivity contribution in [2.24, 2.45) is 5.73 Å². The summed E-state index contributed by atoms with van der Waals surface area (Å²) in [5, 5.41) is 0. The molecule has 4 nitrogen and oxygen atoms in total. The third-order valence-electron chi connectivity index (χ3n) is 5.61. The molecule has 3 rings (SSSR count). The number of rotatable bonds is 3. The van der Waals surface area contributed by atoms with Crippen molar-refractivity contribution in [2.45, 2.75) is 49.7 Å². The van der Waals surface area contributed by atoms with Gasteiger partial charge in [0.2, 0.25) is 0 Å². The van der Waals surface area contributed by atoms with Crippen LogP contribution in [0, 0.1) is 0 Å². The maximum atomic E-state index is 6.23. The quantitative estimate of drug-likeness (QED) is 0.802. The van der Waals surface area contributed by atoms with Crippen LogP contribution in [-0.2, 0) is 4.74 Å². The number of likely N-dealkylation sites (N-methyl/N-ethyl adjacent to an activating group) is 1. The molecular formula is C14H27N3O. The molecular weight excluding hydrogens is 226 g/mol. The molecule has 3 aliphatic rings. The van der Waals surface area contributed by atoms with E-state index in [1.165, 1.54) is 45.2 Å². The predicted molar refractivity (Wildman–Crippen MR) is 72.6 cm³/mol. The van der Waals surface area contributed by atoms with Crippen LogP contribution in [0.15, 0.2) is 0 Å². The maximum Gasteiger partial charge on any atom is 0.0498 e. The normalized spacial score (nSPS) is 38.5. The van der Waals surface area contributed by atoms with Crippen LogP contribution in [-0.4, -0.2) is 67.3 Å². The molecule has 0 radical (unpaired) electrons. The minimum absolute atomic E-state index is 0.235. The molecule has 2 unspecified atom stereocenters. The summed E-state index contributed by atoms with van der Waals surface area (Å²) in [5.41, 5.74) is 6.47. The molecule has 2 N–H and O–H groups in total. The molecule has 0 spiro atoms. The van der Waals surface area contributed by atoms with Gasteiger partial charge in [0, 0.05) is 43.9 Å². The van der Waals surface area contributed by atoms with Gasteiger partial charge in [-0.25, -0.2) is 0 Å². The summed E-state index contributed by atoms with van der Waals surface area (Å²) in [6.45, 7) is 5.18. The van der Waals surface area contributed by atoms with Crippen LogP contribution in [0.25, 0.3) is 0 Å². The summed E-state index contributed by atoms with van der Waals surface area (Å²) >= 11 is 0. The Bertz CT molecular complexity index is 293. The van der Waals surface area contributed by atoms with E-state index in [-0.39, 0.29) is 5.54 Å². The highest BCUT2D eigenvalue weighted by molar-refractivity contribution is 5.10. The Morgan fingerprint density at radius 2 is 2.06 bits per heavy atom. The van der Waals surface area contributed by atoms with Gasteiger partial charge in [-0.1, -0.05) is 0 Å². The largest absolute Gasteiger partial charge is 0.381 e. The highest BCUT2D eigenvalue weighted by Gasteiger charge is 2.51. The molecule has 4 heteroatoms. The Labute approximate surface area is 110 Å². The highest BCUT2D eigenvalue weighted by atomic mass is 16.5. The first-order valence-electron chi connectivity index (χ1n) is 7.53. The minimum atomic E-state index is 0.235. The fraction of sp³-hybridized carbons (Fsp3) is 1.00. The van der Waals surface area contributed by atoms with Crippen molar-refractivity contribution in [1.29, 1.82) is 0 Å². The fourth-order valence-corrected chi connectivity index (χ4v) is 4.44. The number of nitrogens with zero attached hydrogens (tertiary/aromatic N) is 2. The summed E-state index contributed by atoms with van der Waals surface area (Å²) in [6, 6.07) is 1.37. The molecule has 0 saturated carbocycles. The molecule has 18 heavy (non-hydrogen) atoms. The predicted octanol–water partition coefficient (Wildman–Crippen LogP) is 0.663. The molecule has 0 aromatic rings. The lowest BCUT2D eigenvalue weighted by molar-refractivity contribution is -0.0116. The van der Waals surface area contributed by atoms with Gasteiger partial charge in [-0.05, 0) is 45.7 Å². The SMILES string of the molecule is CN(C1CCOCC1)C1(CN)CCN2CCCC21. The lowest BCUT2D eigenvalue weighted by atomic mass is 9.85. The van der Waals surface area contributed by atoms with Crippen LogP contribution in [0.4, 0.5) is 0 Å². The Kier molecular flexibility index (Phi) is 3.63. The second-order valence-electron chi connectivity index (χ2n) is 6.21. The van der Waals surface area contributed by atoms with Crippen molar-refractivity contribution in [2.75, 3.05) is 39.9 Å². The second-order valence-corrected chi connectivity index (χ2v) is 6.21. The Morgan fingerprint density at radius 3 is 2.78 bits per heavy atom. The molecule has 2 atom stereocenters. The van der Waals surface area contributed by atoms with Gasteiger partial charge in [0.15, 0.2) is 0 Å². The first-order valence-corrected chi connectivity index (χ1v) is 7.53. The van der Waals surface area contributed by atoms with Gasteiger partial charge < -0.3 is 10.5 Å². The summed E-state index contributed by atoms with van der Waals surface area (Å²) in [5.74, 6) is 0. The van der Waals surface area contributed by atoms with Gasteiger partial charge in [0.05, 0.1) is 0 Å². The molecule has 3 heterocycles. The highest BCUT2D eigenvalue weighted by Crippen LogP contribution is 2.40. The van der Waals surface area contributed by atoms with E-state index in [0.717, 1.165) is 19.8 Å². The summed E-state index contributed by atoms with van der Waals surface area (Å²) in [7, 11) is 2.31. The molecule has 104 valence electrons. The lowest BCUT2D eigenvalue weighted by Crippen LogP contribution is -2.62. The summed E-state index contributed by atoms with van der Waals surface area (Å²) in [4.78, 5) is 5.30. The second kappa shape index (κ2) is 5.08. The standard InChI is InChI=1S/C14H27N3O/c1-16(12-4-9-18-10-5-12)14(11-15)6-8-17-7-2-3-13(14)17/h12-13H,2-11,15H2,1H3. The molecule has 0 amide bonds. The number of nitrogens with two attached hydrogens (primary N) is 1. The monoisotopic (exact) mass is 253 g/mol. The van der Waals surface area contributed by atoms with Gasteiger partial charge in [0.25, 0.3) is 0 Å². The molecule has 0 aromatic carbocycles. The van der Waals surface area contributed by atoms with E-state index in [4.69, 9.17) is 10.5 Å². The van der Waals surface area contributed by atoms with Crippen LogP contribution < -0.4 is 5.73 Å². The third-order valence-corrected chi connectivity index (χ3v) is 5.61. The molecule has 0 bridgehead atoms. The van der Waals surface area contributed by atoms with Gasteiger partial charge in [-0.15, -0.1) is 0 Å². The van der Waals surface area contributed by atoms with Gasteiger partial charge in [0.1, 0.15) is 0 Å². The zero-order valence-electron chi connectivity index (χ0n) is 11.6. The number of ether oxygens (including phenoxy) is 1. The van der Waals surface area contributed by atoms with E-state index in [1.54, 1.807) is 0 Å². The smallest absolute Gasteiger partial charge is 0.0498 e. The van der Waals surface area contributed by atoms with Crippen LogP contribution in [0.5, 0.6) is 0 Å². The average molecular weight is 253 g/mol. The van der Waals surface area contributed by atoms with E-state index >= 15 is 0 Å². The number of hydrogen-bond acceptors (Lipinski definition) is 4. The Hall–Kier alpha value is -0.160. The van der Waals surface area contributed by atoms with Crippen LogP contribution in [0.3, 0.4) is 0 Å². The zero-order chi connectivity index (χ0) is 12.6. The molecule has 3 fully saturated rings. The van der Waals surface area contributed by atoms with Crippen molar-refractivity contribution in [3.05, 3.63) is 0 Å². The van der Waals surface area contributed by atoms with Crippen LogP contribution in [0.2, 0.25) is 0 Å². The van der Waals surface area contributed by atoms with E-state index in [2.05, 4.69) is 16.8 Å². The maximum absolute atomic E-state index is 6.23. The zero-order valence-corrected chi connectivity index (χ0v) is 11.6. The fourth-order valence-electron chi connectivity index (χ4n) is 4.44. The number of fused-ring (bicyclic) bond motifs is 1. The van der Waals surface area contributed by atoms with Crippen molar-refractivity contribution in [3.8, 4) is 0 Å². The first-order chi connectivity index (χ1) is 8.78. The minimum Gasteiger partial charge on any atom is -0.381 e. The lowest BCUT2D eigenvalue weighted by Gasteiger charge is -2.47. The number of hydrogen-bond donors (Lipinski definition) is 1.